The van der Waals surface area contributed by atoms with Gasteiger partial charge in [0.2, 0.25) is 5.91 Å². The number of piperazine rings is 1. The van der Waals surface area contributed by atoms with Crippen LogP contribution in [0.5, 0.6) is 0 Å². The van der Waals surface area contributed by atoms with Gasteiger partial charge >= 0.3 is 0 Å². The summed E-state index contributed by atoms with van der Waals surface area (Å²) >= 11 is 0. The van der Waals surface area contributed by atoms with E-state index in [2.05, 4.69) is 52.2 Å². The van der Waals surface area contributed by atoms with Crippen molar-refractivity contribution in [1.29, 1.82) is 5.26 Å². The van der Waals surface area contributed by atoms with Gasteiger partial charge in [-0.1, -0.05) is 42.0 Å². The molecule has 0 unspecified atom stereocenters. The van der Waals surface area contributed by atoms with E-state index in [0.717, 1.165) is 59.5 Å². The summed E-state index contributed by atoms with van der Waals surface area (Å²) in [4.78, 5) is 21.3. The fourth-order valence-electron chi connectivity index (χ4n) is 4.25. The highest BCUT2D eigenvalue weighted by Gasteiger charge is 2.23. The Hall–Kier alpha value is -3.43. The molecule has 0 bridgehead atoms. The van der Waals surface area contributed by atoms with Crippen LogP contribution >= 0.6 is 0 Å². The van der Waals surface area contributed by atoms with E-state index in [9.17, 15) is 10.1 Å². The van der Waals surface area contributed by atoms with Crippen molar-refractivity contribution in [1.82, 2.24) is 15.2 Å². The Morgan fingerprint density at radius 3 is 2.58 bits per heavy atom. The summed E-state index contributed by atoms with van der Waals surface area (Å²) in [7, 11) is 0. The average molecular weight is 414 g/mol. The van der Waals surface area contributed by atoms with Crippen LogP contribution < -0.4 is 10.2 Å². The standard InChI is InChI=1S/C25H27N5O/c1-18-12-19(2)24-22(13-18)25(21(14-26)16-28-24)30-10-8-29(9-11-30)17-23(31)27-15-20-6-4-3-5-7-20/h3-7,12-13,16H,8-11,15,17H2,1-2H3,(H,27,31). The van der Waals surface area contributed by atoms with Crippen LogP contribution in [0.25, 0.3) is 10.9 Å². The Labute approximate surface area is 183 Å². The summed E-state index contributed by atoms with van der Waals surface area (Å²) in [5.74, 6) is 0.0376. The lowest BCUT2D eigenvalue weighted by Crippen LogP contribution is -2.49. The molecule has 6 heteroatoms. The first kappa shape index (κ1) is 20.8. The number of amides is 1. The van der Waals surface area contributed by atoms with Crippen molar-refractivity contribution in [3.63, 3.8) is 0 Å². The highest BCUT2D eigenvalue weighted by atomic mass is 16.2. The Kier molecular flexibility index (Phi) is 6.15. The fourth-order valence-corrected chi connectivity index (χ4v) is 4.25. The summed E-state index contributed by atoms with van der Waals surface area (Å²) in [6.07, 6.45) is 1.68. The molecule has 1 amide bonds. The first-order chi connectivity index (χ1) is 15.0. The van der Waals surface area contributed by atoms with Crippen LogP contribution in [0.4, 0.5) is 5.69 Å². The summed E-state index contributed by atoms with van der Waals surface area (Å²) in [5.41, 5.74) is 5.90. The lowest BCUT2D eigenvalue weighted by molar-refractivity contribution is -0.122. The first-order valence-corrected chi connectivity index (χ1v) is 10.6. The molecule has 2 aromatic carbocycles. The number of nitrogens with zero attached hydrogens (tertiary/aromatic N) is 4. The molecule has 1 N–H and O–H groups in total. The second kappa shape index (κ2) is 9.15. The molecule has 31 heavy (non-hydrogen) atoms. The maximum atomic E-state index is 12.4. The number of benzene rings is 2. The smallest absolute Gasteiger partial charge is 0.234 e. The number of nitriles is 1. The van der Waals surface area contributed by atoms with Crippen molar-refractivity contribution in [3.05, 3.63) is 70.9 Å². The number of pyridine rings is 1. The number of carbonyl (C=O) groups is 1. The predicted molar refractivity (Wildman–Crippen MR) is 123 cm³/mol. The van der Waals surface area contributed by atoms with Gasteiger partial charge in [0.1, 0.15) is 6.07 Å². The van der Waals surface area contributed by atoms with Gasteiger partial charge in [-0.05, 0) is 31.0 Å². The fraction of sp³-hybridized carbons (Fsp3) is 0.320. The van der Waals surface area contributed by atoms with Gasteiger partial charge in [0.15, 0.2) is 0 Å². The molecule has 1 aromatic heterocycles. The van der Waals surface area contributed by atoms with E-state index in [1.54, 1.807) is 6.20 Å². The number of aromatic nitrogens is 1. The van der Waals surface area contributed by atoms with E-state index in [1.807, 2.05) is 30.3 Å². The molecule has 0 atom stereocenters. The van der Waals surface area contributed by atoms with Gasteiger partial charge in [-0.15, -0.1) is 0 Å². The van der Waals surface area contributed by atoms with Gasteiger partial charge < -0.3 is 10.2 Å². The van der Waals surface area contributed by atoms with Crippen LogP contribution in [0.1, 0.15) is 22.3 Å². The molecule has 0 spiro atoms. The van der Waals surface area contributed by atoms with Gasteiger partial charge in [0, 0.05) is 44.3 Å². The third kappa shape index (κ3) is 4.68. The van der Waals surface area contributed by atoms with Crippen molar-refractivity contribution >= 4 is 22.5 Å². The van der Waals surface area contributed by atoms with Crippen molar-refractivity contribution in [2.75, 3.05) is 37.6 Å². The van der Waals surface area contributed by atoms with Crippen molar-refractivity contribution in [2.24, 2.45) is 0 Å². The number of nitrogens with one attached hydrogen (secondary N) is 1. The number of hydrogen-bond acceptors (Lipinski definition) is 5. The number of anilines is 1. The van der Waals surface area contributed by atoms with Crippen molar-refractivity contribution in [3.8, 4) is 6.07 Å². The number of carbonyl (C=O) groups excluding carboxylic acids is 1. The third-order valence-electron chi connectivity index (χ3n) is 5.79. The summed E-state index contributed by atoms with van der Waals surface area (Å²) in [6, 6.07) is 16.5. The summed E-state index contributed by atoms with van der Waals surface area (Å²) in [6.45, 7) is 8.16. The molecule has 4 rings (SSSR count). The molecule has 0 saturated carbocycles. The topological polar surface area (TPSA) is 72.3 Å². The molecule has 158 valence electrons. The van der Waals surface area contributed by atoms with Gasteiger partial charge in [0.25, 0.3) is 0 Å². The Balaban J connectivity index is 1.42. The monoisotopic (exact) mass is 413 g/mol. The van der Waals surface area contributed by atoms with Crippen LogP contribution in [0.2, 0.25) is 0 Å². The molecule has 0 aliphatic carbocycles. The Morgan fingerprint density at radius 1 is 1.13 bits per heavy atom. The Bertz CT molecular complexity index is 1130. The maximum Gasteiger partial charge on any atom is 0.234 e. The normalized spacial score (nSPS) is 14.4. The predicted octanol–water partition coefficient (Wildman–Crippen LogP) is 3.16. The second-order valence-electron chi connectivity index (χ2n) is 8.14. The lowest BCUT2D eigenvalue weighted by Gasteiger charge is -2.36. The summed E-state index contributed by atoms with van der Waals surface area (Å²) < 4.78 is 0. The molecule has 3 aromatic rings. The van der Waals surface area contributed by atoms with Crippen LogP contribution in [0.15, 0.2) is 48.7 Å². The molecule has 1 aliphatic heterocycles. The maximum absolute atomic E-state index is 12.4. The largest absolute Gasteiger partial charge is 0.367 e. The van der Waals surface area contributed by atoms with E-state index >= 15 is 0 Å². The van der Waals surface area contributed by atoms with Gasteiger partial charge in [0.05, 0.1) is 23.3 Å². The zero-order chi connectivity index (χ0) is 21.8. The molecule has 1 aliphatic rings. The number of aryl methyl sites for hydroxylation is 2. The minimum Gasteiger partial charge on any atom is -0.367 e. The third-order valence-corrected chi connectivity index (χ3v) is 5.79. The average Bonchev–Trinajstić information content (AvgIpc) is 2.78. The van der Waals surface area contributed by atoms with Gasteiger partial charge in [-0.2, -0.15) is 5.26 Å². The minimum absolute atomic E-state index is 0.0376. The Morgan fingerprint density at radius 2 is 1.87 bits per heavy atom. The minimum atomic E-state index is 0.0376. The highest BCUT2D eigenvalue weighted by molar-refractivity contribution is 5.96. The van der Waals surface area contributed by atoms with Crippen LogP contribution in [0, 0.1) is 25.2 Å². The van der Waals surface area contributed by atoms with Crippen LogP contribution in [-0.4, -0.2) is 48.5 Å². The quantitative estimate of drug-likeness (QED) is 0.696. The van der Waals surface area contributed by atoms with E-state index < -0.39 is 0 Å². The van der Waals surface area contributed by atoms with Crippen molar-refractivity contribution in [2.45, 2.75) is 20.4 Å². The first-order valence-electron chi connectivity index (χ1n) is 10.6. The number of rotatable bonds is 5. The molecule has 1 fully saturated rings. The zero-order valence-corrected chi connectivity index (χ0v) is 18.1. The highest BCUT2D eigenvalue weighted by Crippen LogP contribution is 2.32. The SMILES string of the molecule is Cc1cc(C)c2ncc(C#N)c(N3CCN(CC(=O)NCc4ccccc4)CC3)c2c1. The second-order valence-corrected chi connectivity index (χ2v) is 8.14. The lowest BCUT2D eigenvalue weighted by atomic mass is 10.0. The number of fused-ring (bicyclic) bond motifs is 1. The number of hydrogen-bond donors (Lipinski definition) is 1. The van der Waals surface area contributed by atoms with Crippen LogP contribution in [0.3, 0.4) is 0 Å². The van der Waals surface area contributed by atoms with Crippen LogP contribution in [-0.2, 0) is 11.3 Å². The molecule has 0 radical (unpaired) electrons. The summed E-state index contributed by atoms with van der Waals surface area (Å²) in [5, 5.41) is 13.7. The van der Waals surface area contributed by atoms with E-state index in [1.165, 1.54) is 0 Å². The molecule has 2 heterocycles. The zero-order valence-electron chi connectivity index (χ0n) is 18.1. The molecule has 6 nitrogen and oxygen atoms in total. The van der Waals surface area contributed by atoms with Gasteiger partial charge in [-0.25, -0.2) is 0 Å². The van der Waals surface area contributed by atoms with E-state index in [4.69, 9.17) is 0 Å². The van der Waals surface area contributed by atoms with Gasteiger partial charge in [-0.3, -0.25) is 14.7 Å². The van der Waals surface area contributed by atoms with Crippen molar-refractivity contribution < 1.29 is 4.79 Å². The molecular weight excluding hydrogens is 386 g/mol. The molecular formula is C25H27N5O. The van der Waals surface area contributed by atoms with E-state index in [-0.39, 0.29) is 5.91 Å². The van der Waals surface area contributed by atoms with E-state index in [0.29, 0.717) is 18.7 Å². The molecule has 1 saturated heterocycles.